The first-order valence-corrected chi connectivity index (χ1v) is 9.92. The minimum atomic E-state index is -0.227. The van der Waals surface area contributed by atoms with Gasteiger partial charge in [0.2, 0.25) is 4.96 Å². The Morgan fingerprint density at radius 2 is 1.90 bits per heavy atom. The van der Waals surface area contributed by atoms with Crippen LogP contribution in [-0.2, 0) is 0 Å². The van der Waals surface area contributed by atoms with Crippen LogP contribution in [0.25, 0.3) is 22.4 Å². The zero-order chi connectivity index (χ0) is 21.1. The Morgan fingerprint density at radius 1 is 1.10 bits per heavy atom. The van der Waals surface area contributed by atoms with Crippen LogP contribution in [-0.4, -0.2) is 35.4 Å². The van der Waals surface area contributed by atoms with Gasteiger partial charge in [0.15, 0.2) is 17.3 Å². The molecule has 0 aliphatic heterocycles. The van der Waals surface area contributed by atoms with Crippen LogP contribution in [0.15, 0.2) is 59.9 Å². The number of benzene rings is 2. The number of ether oxygens (including phenoxy) is 3. The Labute approximate surface area is 176 Å². The maximum absolute atomic E-state index is 12.8. The zero-order valence-electron chi connectivity index (χ0n) is 16.5. The van der Waals surface area contributed by atoms with E-state index < -0.39 is 0 Å². The number of hydrogen-bond donors (Lipinski definition) is 0. The minimum absolute atomic E-state index is 0.227. The lowest BCUT2D eigenvalue weighted by Crippen LogP contribution is -2.23. The number of fused-ring (bicyclic) bond motifs is 1. The summed E-state index contributed by atoms with van der Waals surface area (Å²) in [7, 11) is 3.16. The highest BCUT2D eigenvalue weighted by molar-refractivity contribution is 7.15. The molecule has 152 valence electrons. The van der Waals surface area contributed by atoms with E-state index in [-0.39, 0.29) is 5.56 Å². The maximum atomic E-state index is 12.8. The molecule has 0 bridgehead atoms. The summed E-state index contributed by atoms with van der Waals surface area (Å²) in [5.74, 6) is 2.30. The van der Waals surface area contributed by atoms with Gasteiger partial charge in [-0.1, -0.05) is 42.2 Å². The van der Waals surface area contributed by atoms with E-state index in [0.717, 1.165) is 11.1 Å². The highest BCUT2D eigenvalue weighted by Crippen LogP contribution is 2.29. The van der Waals surface area contributed by atoms with Gasteiger partial charge >= 0.3 is 0 Å². The summed E-state index contributed by atoms with van der Waals surface area (Å²) < 4.78 is 18.2. The molecule has 0 saturated carbocycles. The van der Waals surface area contributed by atoms with E-state index in [2.05, 4.69) is 16.7 Å². The van der Waals surface area contributed by atoms with E-state index in [0.29, 0.717) is 39.2 Å². The second kappa shape index (κ2) is 8.38. The van der Waals surface area contributed by atoms with Gasteiger partial charge in [-0.3, -0.25) is 4.79 Å². The molecule has 0 aliphatic carbocycles. The van der Waals surface area contributed by atoms with Crippen molar-refractivity contribution in [1.82, 2.24) is 14.6 Å². The summed E-state index contributed by atoms with van der Waals surface area (Å²) in [6.45, 7) is 4.02. The molecule has 0 N–H and O–H groups in total. The van der Waals surface area contributed by atoms with Gasteiger partial charge in [-0.15, -0.1) is 5.10 Å². The highest BCUT2D eigenvalue weighted by Gasteiger charge is 2.15. The van der Waals surface area contributed by atoms with E-state index in [1.807, 2.05) is 36.4 Å². The second-order valence-electron chi connectivity index (χ2n) is 6.26. The Hall–Kier alpha value is -3.65. The van der Waals surface area contributed by atoms with Crippen LogP contribution in [0.2, 0.25) is 0 Å². The monoisotopic (exact) mass is 421 g/mol. The second-order valence-corrected chi connectivity index (χ2v) is 7.26. The summed E-state index contributed by atoms with van der Waals surface area (Å²) in [5, 5.41) is 4.38. The molecule has 4 rings (SSSR count). The summed E-state index contributed by atoms with van der Waals surface area (Å²) >= 11 is 1.27. The van der Waals surface area contributed by atoms with E-state index in [1.54, 1.807) is 32.4 Å². The van der Waals surface area contributed by atoms with Crippen LogP contribution in [0, 0.1) is 0 Å². The molecule has 30 heavy (non-hydrogen) atoms. The number of para-hydroxylation sites is 1. The van der Waals surface area contributed by atoms with Crippen molar-refractivity contribution in [3.05, 3.63) is 75.6 Å². The lowest BCUT2D eigenvalue weighted by atomic mass is 10.2. The van der Waals surface area contributed by atoms with Crippen molar-refractivity contribution >= 4 is 22.4 Å². The van der Waals surface area contributed by atoms with Gasteiger partial charge in [0.05, 0.1) is 24.3 Å². The van der Waals surface area contributed by atoms with E-state index in [4.69, 9.17) is 14.2 Å². The SMILES string of the molecule is C=CCOc1ccc(/C=c2\sc3nc(-c4ccccc4OC)nn3c2=O)cc1OC. The molecule has 2 aromatic carbocycles. The van der Waals surface area contributed by atoms with Gasteiger partial charge < -0.3 is 14.2 Å². The third-order valence-electron chi connectivity index (χ3n) is 4.37. The molecule has 7 nitrogen and oxygen atoms in total. The Morgan fingerprint density at radius 3 is 2.63 bits per heavy atom. The van der Waals surface area contributed by atoms with Gasteiger partial charge in [0.25, 0.3) is 5.56 Å². The minimum Gasteiger partial charge on any atom is -0.496 e. The van der Waals surface area contributed by atoms with Crippen molar-refractivity contribution in [3.8, 4) is 28.6 Å². The average Bonchev–Trinajstić information content (AvgIpc) is 3.32. The van der Waals surface area contributed by atoms with Crippen LogP contribution in [0.4, 0.5) is 0 Å². The quantitative estimate of drug-likeness (QED) is 0.427. The topological polar surface area (TPSA) is 75.0 Å². The molecule has 0 saturated heterocycles. The van der Waals surface area contributed by atoms with Gasteiger partial charge in [-0.25, -0.2) is 0 Å². The first-order valence-electron chi connectivity index (χ1n) is 9.11. The predicted molar refractivity (Wildman–Crippen MR) is 117 cm³/mol. The van der Waals surface area contributed by atoms with Gasteiger partial charge in [0, 0.05) is 0 Å². The molecule has 4 aromatic rings. The molecule has 2 heterocycles. The molecule has 0 spiro atoms. The van der Waals surface area contributed by atoms with Crippen LogP contribution in [0.3, 0.4) is 0 Å². The van der Waals surface area contributed by atoms with Crippen molar-refractivity contribution in [2.75, 3.05) is 20.8 Å². The first-order chi connectivity index (χ1) is 14.6. The summed E-state index contributed by atoms with van der Waals surface area (Å²) in [4.78, 5) is 17.9. The molecule has 0 aliphatic rings. The van der Waals surface area contributed by atoms with Crippen LogP contribution in [0.1, 0.15) is 5.56 Å². The lowest BCUT2D eigenvalue weighted by molar-refractivity contribution is 0.326. The van der Waals surface area contributed by atoms with Crippen molar-refractivity contribution in [3.63, 3.8) is 0 Å². The number of nitrogens with zero attached hydrogens (tertiary/aromatic N) is 3. The highest BCUT2D eigenvalue weighted by atomic mass is 32.1. The molecule has 0 amide bonds. The molecule has 2 aromatic heterocycles. The normalized spacial score (nSPS) is 11.6. The van der Waals surface area contributed by atoms with Crippen molar-refractivity contribution in [2.45, 2.75) is 0 Å². The molecule has 0 unspecified atom stereocenters. The fourth-order valence-electron chi connectivity index (χ4n) is 2.97. The van der Waals surface area contributed by atoms with Crippen LogP contribution >= 0.6 is 11.3 Å². The van der Waals surface area contributed by atoms with E-state index in [9.17, 15) is 4.79 Å². The van der Waals surface area contributed by atoms with Gasteiger partial charge in [-0.2, -0.15) is 9.50 Å². The molecular weight excluding hydrogens is 402 g/mol. The lowest BCUT2D eigenvalue weighted by Gasteiger charge is -2.09. The van der Waals surface area contributed by atoms with Gasteiger partial charge in [-0.05, 0) is 35.9 Å². The fraction of sp³-hybridized carbons (Fsp3) is 0.136. The number of thiazole rings is 1. The maximum Gasteiger partial charge on any atom is 0.291 e. The summed E-state index contributed by atoms with van der Waals surface area (Å²) in [6, 6.07) is 12.9. The van der Waals surface area contributed by atoms with Gasteiger partial charge in [0.1, 0.15) is 12.4 Å². The van der Waals surface area contributed by atoms with Crippen molar-refractivity contribution in [2.24, 2.45) is 0 Å². The molecular formula is C22H19N3O4S. The van der Waals surface area contributed by atoms with Crippen LogP contribution in [0.5, 0.6) is 17.2 Å². The number of hydrogen-bond acceptors (Lipinski definition) is 7. The van der Waals surface area contributed by atoms with Crippen molar-refractivity contribution in [1.29, 1.82) is 0 Å². The summed E-state index contributed by atoms with van der Waals surface area (Å²) in [6.07, 6.45) is 3.45. The first kappa shape index (κ1) is 19.7. The van der Waals surface area contributed by atoms with E-state index in [1.165, 1.54) is 15.9 Å². The Balaban J connectivity index is 1.73. The number of methoxy groups -OCH3 is 2. The fourth-order valence-corrected chi connectivity index (χ4v) is 3.88. The Kier molecular flexibility index (Phi) is 5.49. The van der Waals surface area contributed by atoms with E-state index >= 15 is 0 Å². The summed E-state index contributed by atoms with van der Waals surface area (Å²) in [5.41, 5.74) is 1.32. The zero-order valence-corrected chi connectivity index (χ0v) is 17.3. The molecule has 0 fully saturated rings. The number of rotatable bonds is 7. The smallest absolute Gasteiger partial charge is 0.291 e. The third kappa shape index (κ3) is 3.65. The third-order valence-corrected chi connectivity index (χ3v) is 5.33. The number of aromatic nitrogens is 3. The average molecular weight is 421 g/mol. The largest absolute Gasteiger partial charge is 0.496 e. The Bertz CT molecular complexity index is 1330. The molecule has 8 heteroatoms. The van der Waals surface area contributed by atoms with Crippen molar-refractivity contribution < 1.29 is 14.2 Å². The van der Waals surface area contributed by atoms with Crippen LogP contribution < -0.4 is 24.3 Å². The standard InChI is InChI=1S/C22H19N3O4S/c1-4-11-29-17-10-9-14(12-18(17)28-3)13-19-21(26)25-22(30-19)23-20(24-25)15-7-5-6-8-16(15)27-2/h4-10,12-13H,1,11H2,2-3H3/b19-13-. The molecule has 0 atom stereocenters. The predicted octanol–water partition coefficient (Wildman–Crippen LogP) is 2.95. The molecule has 0 radical (unpaired) electrons.